The van der Waals surface area contributed by atoms with Gasteiger partial charge in [0.15, 0.2) is 0 Å². The second kappa shape index (κ2) is 4.61. The molecule has 0 atom stereocenters. The molecule has 6 nitrogen and oxygen atoms in total. The van der Waals surface area contributed by atoms with Gasteiger partial charge in [0.1, 0.15) is 6.54 Å². The molecule has 2 N–H and O–H groups in total. The predicted octanol–water partition coefficient (Wildman–Crippen LogP) is -0.228. The van der Waals surface area contributed by atoms with E-state index in [1.807, 2.05) is 4.90 Å². The first-order chi connectivity index (χ1) is 8.72. The standard InChI is InChI=1S/C12H19N5O/c13-10-7-14-17(8-10)9-12(18)16-5-3-15(4-6-16)11-1-2-11/h7-8,11H,1-6,9,13H2. The van der Waals surface area contributed by atoms with Crippen LogP contribution < -0.4 is 5.73 Å². The average molecular weight is 249 g/mol. The van der Waals surface area contributed by atoms with Crippen molar-refractivity contribution in [1.82, 2.24) is 19.6 Å². The Bertz CT molecular complexity index is 431. The van der Waals surface area contributed by atoms with E-state index in [0.29, 0.717) is 12.2 Å². The number of anilines is 1. The van der Waals surface area contributed by atoms with Crippen LogP contribution in [0.1, 0.15) is 12.8 Å². The van der Waals surface area contributed by atoms with Crippen molar-refractivity contribution in [2.24, 2.45) is 0 Å². The lowest BCUT2D eigenvalue weighted by Crippen LogP contribution is -2.50. The van der Waals surface area contributed by atoms with Crippen LogP contribution in [0.3, 0.4) is 0 Å². The lowest BCUT2D eigenvalue weighted by molar-refractivity contribution is -0.133. The van der Waals surface area contributed by atoms with Crippen molar-refractivity contribution in [3.63, 3.8) is 0 Å². The third-order valence-corrected chi connectivity index (χ3v) is 3.68. The van der Waals surface area contributed by atoms with Crippen molar-refractivity contribution in [2.45, 2.75) is 25.4 Å². The summed E-state index contributed by atoms with van der Waals surface area (Å²) in [6.07, 6.45) is 5.93. The van der Waals surface area contributed by atoms with Crippen LogP contribution in [0.2, 0.25) is 0 Å². The Morgan fingerprint density at radius 2 is 2.06 bits per heavy atom. The van der Waals surface area contributed by atoms with Crippen LogP contribution in [0.5, 0.6) is 0 Å². The maximum absolute atomic E-state index is 12.1. The van der Waals surface area contributed by atoms with E-state index in [0.717, 1.165) is 32.2 Å². The summed E-state index contributed by atoms with van der Waals surface area (Å²) in [6, 6.07) is 0.799. The van der Waals surface area contributed by atoms with Gasteiger partial charge in [-0.2, -0.15) is 5.10 Å². The number of hydrogen-bond donors (Lipinski definition) is 1. The molecule has 1 aliphatic carbocycles. The van der Waals surface area contributed by atoms with Gasteiger partial charge in [0.05, 0.1) is 11.9 Å². The van der Waals surface area contributed by atoms with Gasteiger partial charge in [0.25, 0.3) is 0 Å². The first kappa shape index (κ1) is 11.5. The van der Waals surface area contributed by atoms with Gasteiger partial charge in [-0.05, 0) is 12.8 Å². The molecule has 0 radical (unpaired) electrons. The Morgan fingerprint density at radius 3 is 2.61 bits per heavy atom. The SMILES string of the molecule is Nc1cnn(CC(=O)N2CCN(C3CC3)CC2)c1. The molecule has 1 aromatic rings. The van der Waals surface area contributed by atoms with Crippen LogP contribution in [-0.2, 0) is 11.3 Å². The monoisotopic (exact) mass is 249 g/mol. The molecule has 1 amide bonds. The third-order valence-electron chi connectivity index (χ3n) is 3.68. The molecule has 0 bridgehead atoms. The normalized spacial score (nSPS) is 21.2. The van der Waals surface area contributed by atoms with Crippen molar-refractivity contribution in [2.75, 3.05) is 31.9 Å². The topological polar surface area (TPSA) is 67.4 Å². The maximum Gasteiger partial charge on any atom is 0.244 e. The number of amides is 1. The highest BCUT2D eigenvalue weighted by molar-refractivity contribution is 5.76. The fraction of sp³-hybridized carbons (Fsp3) is 0.667. The molecule has 98 valence electrons. The zero-order valence-electron chi connectivity index (χ0n) is 10.5. The van der Waals surface area contributed by atoms with Gasteiger partial charge in [-0.3, -0.25) is 14.4 Å². The summed E-state index contributed by atoms with van der Waals surface area (Å²) < 4.78 is 1.60. The number of nitrogens with zero attached hydrogens (tertiary/aromatic N) is 4. The van der Waals surface area contributed by atoms with E-state index in [4.69, 9.17) is 5.73 Å². The van der Waals surface area contributed by atoms with Crippen LogP contribution in [0.25, 0.3) is 0 Å². The first-order valence-corrected chi connectivity index (χ1v) is 6.52. The molecule has 2 fully saturated rings. The number of rotatable bonds is 3. The number of carbonyl (C=O) groups excluding carboxylic acids is 1. The maximum atomic E-state index is 12.1. The lowest BCUT2D eigenvalue weighted by Gasteiger charge is -2.34. The van der Waals surface area contributed by atoms with E-state index in [2.05, 4.69) is 10.00 Å². The average Bonchev–Trinajstić information content (AvgIpc) is 3.14. The van der Waals surface area contributed by atoms with E-state index in [1.165, 1.54) is 12.8 Å². The minimum atomic E-state index is 0.133. The van der Waals surface area contributed by atoms with E-state index in [1.54, 1.807) is 17.1 Å². The largest absolute Gasteiger partial charge is 0.396 e. The lowest BCUT2D eigenvalue weighted by atomic mass is 10.3. The molecule has 2 heterocycles. The van der Waals surface area contributed by atoms with E-state index >= 15 is 0 Å². The van der Waals surface area contributed by atoms with Crippen molar-refractivity contribution in [3.8, 4) is 0 Å². The van der Waals surface area contributed by atoms with Gasteiger partial charge in [-0.15, -0.1) is 0 Å². The molecule has 1 saturated heterocycles. The smallest absolute Gasteiger partial charge is 0.244 e. The van der Waals surface area contributed by atoms with Gasteiger partial charge in [-0.25, -0.2) is 0 Å². The predicted molar refractivity (Wildman–Crippen MR) is 67.8 cm³/mol. The van der Waals surface area contributed by atoms with Gasteiger partial charge in [-0.1, -0.05) is 0 Å². The molecule has 1 aliphatic heterocycles. The summed E-state index contributed by atoms with van der Waals surface area (Å²) >= 11 is 0. The van der Waals surface area contributed by atoms with Gasteiger partial charge >= 0.3 is 0 Å². The second-order valence-corrected chi connectivity index (χ2v) is 5.12. The summed E-state index contributed by atoms with van der Waals surface area (Å²) in [5.41, 5.74) is 6.17. The number of carbonyl (C=O) groups is 1. The Hall–Kier alpha value is -1.56. The fourth-order valence-electron chi connectivity index (χ4n) is 2.48. The molecular weight excluding hydrogens is 230 g/mol. The molecule has 3 rings (SSSR count). The summed E-state index contributed by atoms with van der Waals surface area (Å²) in [7, 11) is 0. The van der Waals surface area contributed by atoms with Gasteiger partial charge in [0.2, 0.25) is 5.91 Å². The highest BCUT2D eigenvalue weighted by Crippen LogP contribution is 2.27. The first-order valence-electron chi connectivity index (χ1n) is 6.52. The quantitative estimate of drug-likeness (QED) is 0.803. The molecule has 2 aliphatic rings. The number of nitrogen functional groups attached to an aromatic ring is 1. The molecule has 0 spiro atoms. The summed E-state index contributed by atoms with van der Waals surface area (Å²) in [4.78, 5) is 16.5. The van der Waals surface area contributed by atoms with Crippen LogP contribution in [0.15, 0.2) is 12.4 Å². The summed E-state index contributed by atoms with van der Waals surface area (Å²) in [5.74, 6) is 0.133. The van der Waals surface area contributed by atoms with Crippen LogP contribution >= 0.6 is 0 Å². The fourth-order valence-corrected chi connectivity index (χ4v) is 2.48. The number of hydrogen-bond acceptors (Lipinski definition) is 4. The van der Waals surface area contributed by atoms with E-state index < -0.39 is 0 Å². The third kappa shape index (κ3) is 2.48. The minimum absolute atomic E-state index is 0.133. The molecule has 18 heavy (non-hydrogen) atoms. The Kier molecular flexibility index (Phi) is 2.95. The second-order valence-electron chi connectivity index (χ2n) is 5.12. The highest BCUT2D eigenvalue weighted by atomic mass is 16.2. The Labute approximate surface area is 106 Å². The van der Waals surface area contributed by atoms with Crippen molar-refractivity contribution >= 4 is 11.6 Å². The Balaban J connectivity index is 1.51. The van der Waals surface area contributed by atoms with Gasteiger partial charge in [0, 0.05) is 38.4 Å². The van der Waals surface area contributed by atoms with Crippen LogP contribution in [0, 0.1) is 0 Å². The van der Waals surface area contributed by atoms with Crippen LogP contribution in [-0.4, -0.2) is 57.7 Å². The summed E-state index contributed by atoms with van der Waals surface area (Å²) in [6.45, 7) is 3.99. The number of nitrogens with two attached hydrogens (primary N) is 1. The van der Waals surface area contributed by atoms with E-state index in [9.17, 15) is 4.79 Å². The van der Waals surface area contributed by atoms with Crippen molar-refractivity contribution in [3.05, 3.63) is 12.4 Å². The Morgan fingerprint density at radius 1 is 1.33 bits per heavy atom. The van der Waals surface area contributed by atoms with E-state index in [-0.39, 0.29) is 5.91 Å². The molecule has 0 unspecified atom stereocenters. The molecule has 0 aromatic carbocycles. The molecule has 6 heteroatoms. The zero-order valence-corrected chi connectivity index (χ0v) is 10.5. The molecular formula is C12H19N5O. The van der Waals surface area contributed by atoms with Crippen LogP contribution in [0.4, 0.5) is 5.69 Å². The number of aromatic nitrogens is 2. The minimum Gasteiger partial charge on any atom is -0.396 e. The number of piperazine rings is 1. The van der Waals surface area contributed by atoms with Crippen molar-refractivity contribution < 1.29 is 4.79 Å². The highest BCUT2D eigenvalue weighted by Gasteiger charge is 2.32. The zero-order chi connectivity index (χ0) is 12.5. The molecule has 1 aromatic heterocycles. The van der Waals surface area contributed by atoms with Gasteiger partial charge < -0.3 is 10.6 Å². The van der Waals surface area contributed by atoms with Crippen molar-refractivity contribution in [1.29, 1.82) is 0 Å². The summed E-state index contributed by atoms with van der Waals surface area (Å²) in [5, 5.41) is 4.04. The molecule has 1 saturated carbocycles.